The third-order valence-corrected chi connectivity index (χ3v) is 7.30. The number of H-pyrrole nitrogens is 1. The first-order chi connectivity index (χ1) is 13.9. The van der Waals surface area contributed by atoms with Crippen molar-refractivity contribution >= 4 is 21.6 Å². The van der Waals surface area contributed by atoms with Gasteiger partial charge in [0.1, 0.15) is 16.4 Å². The molecule has 29 heavy (non-hydrogen) atoms. The Kier molecular flexibility index (Phi) is 5.37. The van der Waals surface area contributed by atoms with E-state index >= 15 is 0 Å². The van der Waals surface area contributed by atoms with Gasteiger partial charge in [0.05, 0.1) is 11.9 Å². The fourth-order valence-electron chi connectivity index (χ4n) is 3.65. The lowest BCUT2D eigenvalue weighted by molar-refractivity contribution is 0.246. The van der Waals surface area contributed by atoms with Crippen LogP contribution in [0.1, 0.15) is 25.0 Å². The molecule has 1 aliphatic rings. The van der Waals surface area contributed by atoms with Crippen molar-refractivity contribution in [3.05, 3.63) is 59.5 Å². The fraction of sp³-hybridized carbons (Fsp3) is 0.316. The molecule has 0 radical (unpaired) electrons. The second-order valence-electron chi connectivity index (χ2n) is 7.08. The minimum absolute atomic E-state index is 0.0159. The van der Waals surface area contributed by atoms with Crippen LogP contribution in [0.25, 0.3) is 11.5 Å². The first kappa shape index (κ1) is 19.9. The minimum Gasteiger partial charge on any atom is -0.339 e. The highest BCUT2D eigenvalue weighted by atomic mass is 35.5. The Labute approximate surface area is 173 Å². The predicted octanol–water partition coefficient (Wildman–Crippen LogP) is 3.47. The van der Waals surface area contributed by atoms with Crippen LogP contribution in [0.2, 0.25) is 5.15 Å². The summed E-state index contributed by atoms with van der Waals surface area (Å²) >= 11 is 6.36. The van der Waals surface area contributed by atoms with E-state index in [-0.39, 0.29) is 16.7 Å². The van der Waals surface area contributed by atoms with Gasteiger partial charge in [0.25, 0.3) is 0 Å². The molecular formula is C19H19ClFN5O2S. The maximum absolute atomic E-state index is 13.1. The van der Waals surface area contributed by atoms with Gasteiger partial charge in [-0.15, -0.1) is 0 Å². The van der Waals surface area contributed by atoms with E-state index in [0.717, 1.165) is 11.9 Å². The highest BCUT2D eigenvalue weighted by Gasteiger charge is 2.36. The molecular weight excluding hydrogens is 417 g/mol. The van der Waals surface area contributed by atoms with Gasteiger partial charge in [-0.25, -0.2) is 22.8 Å². The monoisotopic (exact) mass is 435 g/mol. The summed E-state index contributed by atoms with van der Waals surface area (Å²) in [5.41, 5.74) is 1.24. The van der Waals surface area contributed by atoms with Crippen molar-refractivity contribution in [2.24, 2.45) is 5.92 Å². The molecule has 1 saturated heterocycles. The maximum Gasteiger partial charge on any atom is 0.244 e. The molecule has 4 heterocycles. The normalized spacial score (nSPS) is 20.7. The van der Waals surface area contributed by atoms with Gasteiger partial charge in [0, 0.05) is 31.4 Å². The van der Waals surface area contributed by atoms with Gasteiger partial charge in [-0.3, -0.25) is 4.98 Å². The Bertz CT molecular complexity index is 1110. The van der Waals surface area contributed by atoms with Crippen molar-refractivity contribution < 1.29 is 12.8 Å². The summed E-state index contributed by atoms with van der Waals surface area (Å²) < 4.78 is 40.3. The zero-order valence-corrected chi connectivity index (χ0v) is 17.2. The molecule has 0 amide bonds. The van der Waals surface area contributed by atoms with Crippen LogP contribution in [0.5, 0.6) is 0 Å². The molecule has 152 valence electrons. The number of piperidine rings is 1. The first-order valence-corrected chi connectivity index (χ1v) is 11.0. The Morgan fingerprint density at radius 3 is 2.76 bits per heavy atom. The van der Waals surface area contributed by atoms with Gasteiger partial charge in [-0.2, -0.15) is 4.31 Å². The summed E-state index contributed by atoms with van der Waals surface area (Å²) in [6, 6.07) is 5.99. The topological polar surface area (TPSA) is 91.8 Å². The number of aromatic nitrogens is 4. The van der Waals surface area contributed by atoms with E-state index in [1.807, 2.05) is 6.92 Å². The van der Waals surface area contributed by atoms with Crippen LogP contribution < -0.4 is 0 Å². The van der Waals surface area contributed by atoms with Crippen molar-refractivity contribution in [2.45, 2.75) is 24.2 Å². The smallest absolute Gasteiger partial charge is 0.244 e. The molecule has 0 spiro atoms. The van der Waals surface area contributed by atoms with Crippen LogP contribution >= 0.6 is 11.6 Å². The summed E-state index contributed by atoms with van der Waals surface area (Å²) in [6.07, 6.45) is 4.62. The first-order valence-electron chi connectivity index (χ1n) is 9.14. The third-order valence-electron chi connectivity index (χ3n) is 5.17. The molecule has 0 saturated carbocycles. The molecule has 0 unspecified atom stereocenters. The number of aromatic amines is 1. The van der Waals surface area contributed by atoms with E-state index in [9.17, 15) is 12.8 Å². The van der Waals surface area contributed by atoms with Crippen LogP contribution in [0.4, 0.5) is 4.39 Å². The van der Waals surface area contributed by atoms with Gasteiger partial charge in [-0.05, 0) is 36.6 Å². The average Bonchev–Trinajstić information content (AvgIpc) is 3.10. The number of halogens is 2. The molecule has 4 rings (SSSR count). The van der Waals surface area contributed by atoms with E-state index in [1.54, 1.807) is 18.3 Å². The van der Waals surface area contributed by atoms with Crippen LogP contribution in [0.3, 0.4) is 0 Å². The number of nitrogens with one attached hydrogen (secondary N) is 1. The average molecular weight is 436 g/mol. The third kappa shape index (κ3) is 3.90. The largest absolute Gasteiger partial charge is 0.339 e. The maximum atomic E-state index is 13.1. The molecule has 0 aliphatic carbocycles. The standard InChI is InChI=1S/C19H19ClFN5O2S/c1-12-11-26(29(27,28)14-3-2-7-22-10-14)8-6-15(12)17-18(20)25-19(24-17)16-5-4-13(21)9-23-16/h2-5,7,9-10,12,15H,6,8,11H2,1H3,(H,24,25)/t12-,15+/m0/s1. The van der Waals surface area contributed by atoms with E-state index in [2.05, 4.69) is 19.9 Å². The van der Waals surface area contributed by atoms with Gasteiger partial charge in [-0.1, -0.05) is 18.5 Å². The van der Waals surface area contributed by atoms with E-state index in [0.29, 0.717) is 36.2 Å². The summed E-state index contributed by atoms with van der Waals surface area (Å²) in [4.78, 5) is 15.6. The number of nitrogens with zero attached hydrogens (tertiary/aromatic N) is 4. The van der Waals surface area contributed by atoms with Gasteiger partial charge < -0.3 is 4.98 Å². The lowest BCUT2D eigenvalue weighted by Crippen LogP contribution is -2.42. The molecule has 3 aromatic rings. The summed E-state index contributed by atoms with van der Waals surface area (Å²) in [5.74, 6) is 0.0665. The van der Waals surface area contributed by atoms with Crippen LogP contribution in [-0.4, -0.2) is 45.7 Å². The van der Waals surface area contributed by atoms with E-state index in [1.165, 1.54) is 22.6 Å². The lowest BCUT2D eigenvalue weighted by atomic mass is 9.86. The van der Waals surface area contributed by atoms with Crippen molar-refractivity contribution in [2.75, 3.05) is 13.1 Å². The molecule has 0 aromatic carbocycles. The number of pyridine rings is 2. The Balaban J connectivity index is 1.54. The molecule has 7 nitrogen and oxygen atoms in total. The number of hydrogen-bond donors (Lipinski definition) is 1. The van der Waals surface area contributed by atoms with Crippen LogP contribution in [-0.2, 0) is 10.0 Å². The molecule has 1 fully saturated rings. The van der Waals surface area contributed by atoms with Gasteiger partial charge in [0.2, 0.25) is 10.0 Å². The summed E-state index contributed by atoms with van der Waals surface area (Å²) in [5, 5.41) is 0.326. The second kappa shape index (κ2) is 7.81. The van der Waals surface area contributed by atoms with E-state index < -0.39 is 15.8 Å². The van der Waals surface area contributed by atoms with Crippen molar-refractivity contribution in [3.8, 4) is 11.5 Å². The number of imidazole rings is 1. The SMILES string of the molecule is C[C@H]1CN(S(=O)(=O)c2cccnc2)CC[C@H]1c1[nH]c(-c2ccc(F)cn2)nc1Cl. The zero-order valence-electron chi connectivity index (χ0n) is 15.6. The fourth-order valence-corrected chi connectivity index (χ4v) is 5.44. The Morgan fingerprint density at radius 1 is 1.28 bits per heavy atom. The predicted molar refractivity (Wildman–Crippen MR) is 106 cm³/mol. The number of hydrogen-bond acceptors (Lipinski definition) is 5. The highest BCUT2D eigenvalue weighted by molar-refractivity contribution is 7.89. The van der Waals surface area contributed by atoms with Crippen molar-refractivity contribution in [1.29, 1.82) is 0 Å². The van der Waals surface area contributed by atoms with Crippen molar-refractivity contribution in [1.82, 2.24) is 24.2 Å². The quantitative estimate of drug-likeness (QED) is 0.677. The molecule has 2 atom stereocenters. The Hall–Kier alpha value is -2.36. The summed E-state index contributed by atoms with van der Waals surface area (Å²) in [7, 11) is -3.59. The lowest BCUT2D eigenvalue weighted by Gasteiger charge is -2.35. The van der Waals surface area contributed by atoms with Crippen LogP contribution in [0, 0.1) is 11.7 Å². The van der Waals surface area contributed by atoms with Crippen molar-refractivity contribution in [3.63, 3.8) is 0 Å². The van der Waals surface area contributed by atoms with Crippen LogP contribution in [0.15, 0.2) is 47.8 Å². The molecule has 3 aromatic heterocycles. The zero-order chi connectivity index (χ0) is 20.6. The van der Waals surface area contributed by atoms with Gasteiger partial charge in [0.15, 0.2) is 11.0 Å². The molecule has 1 N–H and O–H groups in total. The number of rotatable bonds is 4. The molecule has 10 heteroatoms. The van der Waals surface area contributed by atoms with Gasteiger partial charge >= 0.3 is 0 Å². The highest BCUT2D eigenvalue weighted by Crippen LogP contribution is 2.37. The Morgan fingerprint density at radius 2 is 2.10 bits per heavy atom. The molecule has 1 aliphatic heterocycles. The van der Waals surface area contributed by atoms with E-state index in [4.69, 9.17) is 11.6 Å². The second-order valence-corrected chi connectivity index (χ2v) is 9.37. The number of sulfonamides is 1. The minimum atomic E-state index is -3.59. The molecule has 0 bridgehead atoms. The summed E-state index contributed by atoms with van der Waals surface area (Å²) in [6.45, 7) is 2.72.